The summed E-state index contributed by atoms with van der Waals surface area (Å²) >= 11 is 0. The van der Waals surface area contributed by atoms with Crippen LogP contribution in [0.3, 0.4) is 0 Å². The molecular weight excluding hydrogens is 255 g/mol. The van der Waals surface area contributed by atoms with Gasteiger partial charge in [0.15, 0.2) is 0 Å². The highest BCUT2D eigenvalue weighted by molar-refractivity contribution is 6.12. The highest BCUT2D eigenvalue weighted by Gasteiger charge is 2.22. The van der Waals surface area contributed by atoms with Gasteiger partial charge in [-0.1, -0.05) is 12.1 Å². The first-order valence-electron chi connectivity index (χ1n) is 5.46. The number of nitrogen functional groups attached to an aromatic ring is 1. The van der Waals surface area contributed by atoms with Crippen LogP contribution in [0.15, 0.2) is 30.3 Å². The summed E-state index contributed by atoms with van der Waals surface area (Å²) in [7, 11) is 0. The van der Waals surface area contributed by atoms with Gasteiger partial charge in [-0.3, -0.25) is 4.79 Å². The molecule has 0 aliphatic heterocycles. The van der Waals surface area contributed by atoms with Gasteiger partial charge in [-0.2, -0.15) is 0 Å². The molecule has 0 aromatic heterocycles. The summed E-state index contributed by atoms with van der Waals surface area (Å²) < 4.78 is 39.9. The van der Waals surface area contributed by atoms with Crippen molar-refractivity contribution in [3.8, 4) is 0 Å². The molecule has 0 unspecified atom stereocenters. The zero-order chi connectivity index (χ0) is 14.2. The van der Waals surface area contributed by atoms with Gasteiger partial charge in [0.05, 0.1) is 5.56 Å². The molecule has 98 valence electrons. The van der Waals surface area contributed by atoms with Gasteiger partial charge in [0.1, 0.15) is 17.5 Å². The molecule has 0 radical (unpaired) electrons. The van der Waals surface area contributed by atoms with Gasteiger partial charge < -0.3 is 5.73 Å². The number of hydrogen-bond donors (Lipinski definition) is 1. The molecule has 2 aromatic rings. The van der Waals surface area contributed by atoms with Crippen LogP contribution in [0.1, 0.15) is 21.5 Å². The molecule has 2 N–H and O–H groups in total. The maximum Gasteiger partial charge on any atom is 0.201 e. The second-order valence-corrected chi connectivity index (χ2v) is 4.11. The van der Waals surface area contributed by atoms with E-state index in [-0.39, 0.29) is 11.3 Å². The third kappa shape index (κ3) is 2.31. The van der Waals surface area contributed by atoms with Gasteiger partial charge in [0, 0.05) is 23.4 Å². The number of hydrogen-bond acceptors (Lipinski definition) is 2. The molecule has 0 saturated carbocycles. The molecule has 2 rings (SSSR count). The molecule has 0 bridgehead atoms. The Bertz CT molecular complexity index is 645. The molecule has 0 atom stereocenters. The van der Waals surface area contributed by atoms with Crippen LogP contribution in [0.25, 0.3) is 0 Å². The van der Waals surface area contributed by atoms with E-state index in [1.54, 1.807) is 19.1 Å². The zero-order valence-corrected chi connectivity index (χ0v) is 10.0. The topological polar surface area (TPSA) is 43.1 Å². The van der Waals surface area contributed by atoms with E-state index in [0.29, 0.717) is 17.7 Å². The van der Waals surface area contributed by atoms with Crippen molar-refractivity contribution >= 4 is 11.5 Å². The summed E-state index contributed by atoms with van der Waals surface area (Å²) in [5, 5.41) is 0. The summed E-state index contributed by atoms with van der Waals surface area (Å²) in [5.41, 5.74) is 5.66. The van der Waals surface area contributed by atoms with Crippen molar-refractivity contribution in [1.29, 1.82) is 0 Å². The second kappa shape index (κ2) is 4.76. The van der Waals surface area contributed by atoms with E-state index in [0.717, 1.165) is 0 Å². The van der Waals surface area contributed by atoms with Crippen molar-refractivity contribution in [3.05, 3.63) is 64.5 Å². The van der Waals surface area contributed by atoms with Gasteiger partial charge in [-0.05, 0) is 18.6 Å². The summed E-state index contributed by atoms with van der Waals surface area (Å²) in [4.78, 5) is 12.1. The van der Waals surface area contributed by atoms with E-state index in [1.165, 1.54) is 6.07 Å². The van der Waals surface area contributed by atoms with E-state index < -0.39 is 28.8 Å². The third-order valence-corrected chi connectivity index (χ3v) is 2.80. The number of carbonyl (C=O) groups excluding carboxylic acids is 1. The fourth-order valence-corrected chi connectivity index (χ4v) is 1.77. The number of ketones is 1. The van der Waals surface area contributed by atoms with Crippen LogP contribution in [0.2, 0.25) is 0 Å². The molecule has 0 amide bonds. The van der Waals surface area contributed by atoms with Crippen LogP contribution < -0.4 is 5.73 Å². The van der Waals surface area contributed by atoms with Gasteiger partial charge in [0.25, 0.3) is 0 Å². The number of benzene rings is 2. The van der Waals surface area contributed by atoms with Gasteiger partial charge >= 0.3 is 0 Å². The fraction of sp³-hybridized carbons (Fsp3) is 0.0714. The standard InChI is InChI=1S/C14H10F3NO/c1-7-3-2-4-9(13(7)18)14(19)12-10(16)5-8(15)6-11(12)17/h2-6H,18H2,1H3. The summed E-state index contributed by atoms with van der Waals surface area (Å²) in [6, 6.07) is 5.51. The zero-order valence-electron chi connectivity index (χ0n) is 10.0. The van der Waals surface area contributed by atoms with Crippen LogP contribution in [0.5, 0.6) is 0 Å². The second-order valence-electron chi connectivity index (χ2n) is 4.11. The SMILES string of the molecule is Cc1cccc(C(=O)c2c(F)cc(F)cc2F)c1N. The highest BCUT2D eigenvalue weighted by Crippen LogP contribution is 2.23. The number of rotatable bonds is 2. The number of halogens is 3. The lowest BCUT2D eigenvalue weighted by Crippen LogP contribution is -2.11. The van der Waals surface area contributed by atoms with Crippen molar-refractivity contribution in [3.63, 3.8) is 0 Å². The Hall–Kier alpha value is -2.30. The lowest BCUT2D eigenvalue weighted by molar-refractivity contribution is 0.103. The van der Waals surface area contributed by atoms with E-state index in [1.807, 2.05) is 0 Å². The van der Waals surface area contributed by atoms with E-state index >= 15 is 0 Å². The van der Waals surface area contributed by atoms with E-state index in [2.05, 4.69) is 0 Å². The summed E-state index contributed by atoms with van der Waals surface area (Å²) in [6.45, 7) is 1.67. The molecule has 0 fully saturated rings. The van der Waals surface area contributed by atoms with Crippen LogP contribution >= 0.6 is 0 Å². The largest absolute Gasteiger partial charge is 0.398 e. The number of aryl methyl sites for hydroxylation is 1. The smallest absolute Gasteiger partial charge is 0.201 e. The molecule has 0 heterocycles. The highest BCUT2D eigenvalue weighted by atomic mass is 19.1. The molecule has 2 nitrogen and oxygen atoms in total. The lowest BCUT2D eigenvalue weighted by atomic mass is 9.98. The molecular formula is C14H10F3NO. The molecule has 19 heavy (non-hydrogen) atoms. The number of anilines is 1. The minimum absolute atomic E-state index is 0.00981. The Morgan fingerprint density at radius 3 is 2.26 bits per heavy atom. The lowest BCUT2D eigenvalue weighted by Gasteiger charge is -2.09. The van der Waals surface area contributed by atoms with Crippen molar-refractivity contribution in [1.82, 2.24) is 0 Å². The summed E-state index contributed by atoms with van der Waals surface area (Å²) in [6.07, 6.45) is 0. The Labute approximate surface area is 107 Å². The fourth-order valence-electron chi connectivity index (χ4n) is 1.77. The molecule has 0 saturated heterocycles. The molecule has 2 aromatic carbocycles. The van der Waals surface area contributed by atoms with Crippen LogP contribution in [0, 0.1) is 24.4 Å². The quantitative estimate of drug-likeness (QED) is 0.669. The average molecular weight is 265 g/mol. The number of nitrogens with two attached hydrogens (primary N) is 1. The van der Waals surface area contributed by atoms with Crippen molar-refractivity contribution < 1.29 is 18.0 Å². The monoisotopic (exact) mass is 265 g/mol. The Kier molecular flexibility index (Phi) is 3.29. The maximum atomic E-state index is 13.5. The van der Waals surface area contributed by atoms with E-state index in [4.69, 9.17) is 5.73 Å². The minimum Gasteiger partial charge on any atom is -0.398 e. The maximum absolute atomic E-state index is 13.5. The average Bonchev–Trinajstić information content (AvgIpc) is 2.31. The van der Waals surface area contributed by atoms with Gasteiger partial charge in [-0.25, -0.2) is 13.2 Å². The van der Waals surface area contributed by atoms with Gasteiger partial charge in [0.2, 0.25) is 5.78 Å². The Morgan fingerprint density at radius 2 is 1.68 bits per heavy atom. The van der Waals surface area contributed by atoms with Crippen molar-refractivity contribution in [2.75, 3.05) is 5.73 Å². The third-order valence-electron chi connectivity index (χ3n) is 2.80. The van der Waals surface area contributed by atoms with E-state index in [9.17, 15) is 18.0 Å². The predicted octanol–water partition coefficient (Wildman–Crippen LogP) is 3.23. The van der Waals surface area contributed by atoms with Crippen LogP contribution in [0.4, 0.5) is 18.9 Å². The molecule has 0 aliphatic carbocycles. The van der Waals surface area contributed by atoms with Crippen LogP contribution in [-0.4, -0.2) is 5.78 Å². The number of para-hydroxylation sites is 1. The molecule has 0 spiro atoms. The molecule has 5 heteroatoms. The Balaban J connectivity index is 2.60. The van der Waals surface area contributed by atoms with Crippen molar-refractivity contribution in [2.45, 2.75) is 6.92 Å². The molecule has 0 aliphatic rings. The normalized spacial score (nSPS) is 10.5. The minimum atomic E-state index is -1.25. The first-order valence-corrected chi connectivity index (χ1v) is 5.46. The van der Waals surface area contributed by atoms with Crippen LogP contribution in [-0.2, 0) is 0 Å². The van der Waals surface area contributed by atoms with Gasteiger partial charge in [-0.15, -0.1) is 0 Å². The first kappa shape index (κ1) is 13.1. The summed E-state index contributed by atoms with van der Waals surface area (Å²) in [5.74, 6) is -4.48. The first-order chi connectivity index (χ1) is 8.91. The Morgan fingerprint density at radius 1 is 1.11 bits per heavy atom. The van der Waals surface area contributed by atoms with Crippen molar-refractivity contribution in [2.24, 2.45) is 0 Å². The number of carbonyl (C=O) groups is 1. The predicted molar refractivity (Wildman–Crippen MR) is 65.3 cm³/mol.